The molecule has 196 valence electrons. The van der Waals surface area contributed by atoms with E-state index in [1.54, 1.807) is 7.05 Å². The number of alkyl halides is 2. The van der Waals surface area contributed by atoms with Crippen molar-refractivity contribution >= 4 is 58.2 Å². The quantitative estimate of drug-likeness (QED) is 0.241. The van der Waals surface area contributed by atoms with Gasteiger partial charge in [-0.05, 0) is 59.7 Å². The van der Waals surface area contributed by atoms with Gasteiger partial charge in [0.25, 0.3) is 6.43 Å². The Morgan fingerprint density at radius 1 is 1.31 bits per heavy atom. The highest BCUT2D eigenvalue weighted by atomic mass is 79.9. The predicted molar refractivity (Wildman–Crippen MR) is 140 cm³/mol. The molecule has 0 bridgehead atoms. The number of benzene rings is 1. The molecule has 9 nitrogen and oxygen atoms in total. The van der Waals surface area contributed by atoms with Gasteiger partial charge in [-0.15, -0.1) is 10.2 Å². The zero-order valence-electron chi connectivity index (χ0n) is 20.0. The lowest BCUT2D eigenvalue weighted by Gasteiger charge is -2.28. The summed E-state index contributed by atoms with van der Waals surface area (Å²) in [5, 5.41) is 21.6. The van der Waals surface area contributed by atoms with Gasteiger partial charge >= 0.3 is 0 Å². The molecule has 1 saturated carbocycles. The summed E-state index contributed by atoms with van der Waals surface area (Å²) in [4.78, 5) is -0.0682. The summed E-state index contributed by atoms with van der Waals surface area (Å²) in [6.07, 6.45) is 4.48. The molecular weight excluding hydrogens is 598 g/mol. The highest BCUT2D eigenvalue weighted by molar-refractivity contribution is 9.10. The summed E-state index contributed by atoms with van der Waals surface area (Å²) in [6, 6.07) is 5.03. The predicted octanol–water partition coefficient (Wildman–Crippen LogP) is 4.51. The Balaban J connectivity index is 1.75. The number of hydrogen-bond acceptors (Lipinski definition) is 8. The van der Waals surface area contributed by atoms with Gasteiger partial charge in [0.05, 0.1) is 23.1 Å². The van der Waals surface area contributed by atoms with Crippen molar-refractivity contribution in [3.8, 4) is 16.8 Å². The minimum absolute atomic E-state index is 0.0682. The number of nitriles is 1. The van der Waals surface area contributed by atoms with Gasteiger partial charge in [0.1, 0.15) is 18.0 Å². The fourth-order valence-corrected chi connectivity index (χ4v) is 7.47. The van der Waals surface area contributed by atoms with Crippen LogP contribution >= 0.6 is 37.3 Å². The number of hydrogen-bond donors (Lipinski definition) is 0. The first kappa shape index (κ1) is 27.3. The Hall–Kier alpha value is -1.70. The topological polar surface area (TPSA) is 114 Å². The standard InChI is InChI=1S/C21H25BrF2N6O3S3/c1-29-17-14(16(28-29)19-26-27-20(34-19)18(23)24)9-13(10-15(17)22)36(31,32)30(21(11-25)5-6-21)12-33-7-8-35(2,3)4/h9-10,18H,5-8,12H2,1-4H3. The summed E-state index contributed by atoms with van der Waals surface area (Å²) in [5.41, 5.74) is -0.347. The van der Waals surface area contributed by atoms with Crippen molar-refractivity contribution in [3.63, 3.8) is 0 Å². The molecule has 15 heteroatoms. The first-order valence-electron chi connectivity index (χ1n) is 10.8. The number of aryl methyl sites for hydroxylation is 1. The average molecular weight is 624 g/mol. The molecule has 2 heterocycles. The molecule has 36 heavy (non-hydrogen) atoms. The molecule has 0 amide bonds. The molecule has 0 saturated heterocycles. The smallest absolute Gasteiger partial charge is 0.291 e. The molecule has 1 aliphatic carbocycles. The molecule has 4 rings (SSSR count). The zero-order valence-corrected chi connectivity index (χ0v) is 24.1. The lowest BCUT2D eigenvalue weighted by molar-refractivity contribution is 0.0679. The van der Waals surface area contributed by atoms with E-state index in [0.717, 1.165) is 10.1 Å². The number of ether oxygens (including phenoxy) is 1. The third kappa shape index (κ3) is 5.30. The van der Waals surface area contributed by atoms with Crippen LogP contribution in [0.1, 0.15) is 24.3 Å². The summed E-state index contributed by atoms with van der Waals surface area (Å²) in [6.45, 7) is 0.139. The van der Waals surface area contributed by atoms with E-state index in [1.165, 1.54) is 16.8 Å². The minimum Gasteiger partial charge on any atom is -0.364 e. The third-order valence-corrected chi connectivity index (χ3v) is 10.5. The maximum absolute atomic E-state index is 13.8. The van der Waals surface area contributed by atoms with Gasteiger partial charge in [0.2, 0.25) is 10.0 Å². The maximum Gasteiger partial charge on any atom is 0.291 e. The lowest BCUT2D eigenvalue weighted by atomic mass is 10.2. The highest BCUT2D eigenvalue weighted by Crippen LogP contribution is 2.45. The lowest BCUT2D eigenvalue weighted by Crippen LogP contribution is -2.43. The second kappa shape index (κ2) is 9.88. The number of sulfonamides is 1. The minimum atomic E-state index is -4.16. The normalized spacial score (nSPS) is 16.1. The van der Waals surface area contributed by atoms with Crippen LogP contribution in [0.3, 0.4) is 0 Å². The Bertz CT molecular complexity index is 1440. The van der Waals surface area contributed by atoms with Crippen LogP contribution < -0.4 is 0 Å². The van der Waals surface area contributed by atoms with Crippen LogP contribution in [-0.4, -0.2) is 76.1 Å². The van der Waals surface area contributed by atoms with Crippen LogP contribution in [0.15, 0.2) is 21.5 Å². The van der Waals surface area contributed by atoms with E-state index in [2.05, 4.69) is 56.1 Å². The van der Waals surface area contributed by atoms with Gasteiger partial charge in [0.15, 0.2) is 10.0 Å². The van der Waals surface area contributed by atoms with Crippen LogP contribution in [0.2, 0.25) is 0 Å². The number of fused-ring (bicyclic) bond motifs is 1. The van der Waals surface area contributed by atoms with Crippen molar-refractivity contribution < 1.29 is 21.9 Å². The molecule has 0 unspecified atom stereocenters. The van der Waals surface area contributed by atoms with Crippen molar-refractivity contribution in [2.45, 2.75) is 29.7 Å². The highest BCUT2D eigenvalue weighted by Gasteiger charge is 2.54. The largest absolute Gasteiger partial charge is 0.364 e. The van der Waals surface area contributed by atoms with Gasteiger partial charge in [-0.2, -0.15) is 14.7 Å². The van der Waals surface area contributed by atoms with Gasteiger partial charge in [-0.1, -0.05) is 11.3 Å². The van der Waals surface area contributed by atoms with E-state index < -0.39 is 37.0 Å². The van der Waals surface area contributed by atoms with E-state index in [4.69, 9.17) is 4.74 Å². The molecule has 2 aromatic heterocycles. The summed E-state index contributed by atoms with van der Waals surface area (Å²) >= 11 is 4.13. The molecule has 0 N–H and O–H groups in total. The number of aromatic nitrogens is 4. The SMILES string of the molecule is Cn1nc(-c2nnc(C(F)F)s2)c2cc(S(=O)(=O)N(COCCS(C)(C)C)C3(C#N)CC3)cc(Br)c21. The van der Waals surface area contributed by atoms with Gasteiger partial charge in [-0.3, -0.25) is 4.68 Å². The van der Waals surface area contributed by atoms with Crippen LogP contribution in [0.25, 0.3) is 21.6 Å². The fraction of sp³-hybridized carbons (Fsp3) is 0.524. The second-order valence-electron chi connectivity index (χ2n) is 9.35. The number of halogens is 3. The molecule has 0 radical (unpaired) electrons. The van der Waals surface area contributed by atoms with Gasteiger partial charge in [-0.25, -0.2) is 27.2 Å². The Labute approximate surface area is 221 Å². The molecule has 0 atom stereocenters. The average Bonchev–Trinajstić information content (AvgIpc) is 3.26. The molecule has 1 aromatic carbocycles. The Kier molecular flexibility index (Phi) is 7.50. The molecular formula is C21H25BrF2N6O3S3. The van der Waals surface area contributed by atoms with Gasteiger partial charge < -0.3 is 4.74 Å². The zero-order chi connectivity index (χ0) is 26.5. The number of nitrogens with zero attached hydrogens (tertiary/aromatic N) is 6. The van der Waals surface area contributed by atoms with Crippen LogP contribution in [0.5, 0.6) is 0 Å². The first-order chi connectivity index (χ1) is 16.8. The van der Waals surface area contributed by atoms with Gasteiger partial charge in [0, 0.05) is 22.7 Å². The van der Waals surface area contributed by atoms with Crippen molar-refractivity contribution in [1.82, 2.24) is 24.3 Å². The molecule has 3 aromatic rings. The second-order valence-corrected chi connectivity index (χ2v) is 17.7. The molecule has 0 aliphatic heterocycles. The van der Waals surface area contributed by atoms with Crippen LogP contribution in [-0.2, 0) is 21.8 Å². The van der Waals surface area contributed by atoms with E-state index in [-0.39, 0.29) is 22.3 Å². The molecule has 1 fully saturated rings. The third-order valence-electron chi connectivity index (χ3n) is 5.74. The summed E-state index contributed by atoms with van der Waals surface area (Å²) < 4.78 is 62.7. The van der Waals surface area contributed by atoms with E-state index in [0.29, 0.717) is 46.2 Å². The van der Waals surface area contributed by atoms with E-state index in [1.807, 2.05) is 0 Å². The van der Waals surface area contributed by atoms with Crippen molar-refractivity contribution in [3.05, 3.63) is 21.6 Å². The fourth-order valence-electron chi connectivity index (χ4n) is 3.60. The Morgan fingerprint density at radius 2 is 2.00 bits per heavy atom. The monoisotopic (exact) mass is 622 g/mol. The van der Waals surface area contributed by atoms with Crippen LogP contribution in [0.4, 0.5) is 8.78 Å². The van der Waals surface area contributed by atoms with Crippen molar-refractivity contribution in [2.24, 2.45) is 7.05 Å². The summed E-state index contributed by atoms with van der Waals surface area (Å²) in [7, 11) is -3.33. The van der Waals surface area contributed by atoms with Crippen molar-refractivity contribution in [2.75, 3.05) is 37.9 Å². The summed E-state index contributed by atoms with van der Waals surface area (Å²) in [5.74, 6) is 0.805. The van der Waals surface area contributed by atoms with Crippen molar-refractivity contribution in [1.29, 1.82) is 5.26 Å². The first-order valence-corrected chi connectivity index (χ1v) is 16.8. The molecule has 1 aliphatic rings. The maximum atomic E-state index is 13.8. The Morgan fingerprint density at radius 3 is 2.56 bits per heavy atom. The number of rotatable bonds is 10. The van der Waals surface area contributed by atoms with Crippen LogP contribution in [0, 0.1) is 11.3 Å². The van der Waals surface area contributed by atoms with E-state index >= 15 is 0 Å². The van der Waals surface area contributed by atoms with E-state index in [9.17, 15) is 22.5 Å². The molecule has 0 spiro atoms.